The summed E-state index contributed by atoms with van der Waals surface area (Å²) in [5.74, 6) is 0. The van der Waals surface area contributed by atoms with Gasteiger partial charge in [-0.2, -0.15) is 0 Å². The number of hydrogen-bond acceptors (Lipinski definition) is 4. The molecule has 0 saturated heterocycles. The number of pyridine rings is 1. The fraction of sp³-hybridized carbons (Fsp3) is 0.158. The summed E-state index contributed by atoms with van der Waals surface area (Å²) in [6, 6.07) is 21.0. The maximum absolute atomic E-state index is 12.2. The van der Waals surface area contributed by atoms with Gasteiger partial charge < -0.3 is 4.90 Å². The van der Waals surface area contributed by atoms with Crippen molar-refractivity contribution >= 4 is 40.6 Å². The van der Waals surface area contributed by atoms with Crippen molar-refractivity contribution in [1.82, 2.24) is 4.98 Å². The molecular formula is C38H36N2OS. The van der Waals surface area contributed by atoms with Crippen molar-refractivity contribution in [3.8, 4) is 10.6 Å². The van der Waals surface area contributed by atoms with Gasteiger partial charge in [0.05, 0.1) is 22.5 Å². The Morgan fingerprint density at radius 3 is 2.43 bits per heavy atom. The average molecular weight is 569 g/mol. The summed E-state index contributed by atoms with van der Waals surface area (Å²) in [5.41, 5.74) is 10.7. The van der Waals surface area contributed by atoms with Crippen molar-refractivity contribution in [3.05, 3.63) is 148 Å². The summed E-state index contributed by atoms with van der Waals surface area (Å²) >= 11 is 1.67. The normalized spacial score (nSPS) is 14.0. The fourth-order valence-corrected chi connectivity index (χ4v) is 6.89. The van der Waals surface area contributed by atoms with Gasteiger partial charge in [0.25, 0.3) is 0 Å². The van der Waals surface area contributed by atoms with Crippen LogP contribution in [0, 0.1) is 13.8 Å². The highest BCUT2D eigenvalue weighted by Gasteiger charge is 2.39. The van der Waals surface area contributed by atoms with Gasteiger partial charge in [-0.15, -0.1) is 11.3 Å². The zero-order valence-electron chi connectivity index (χ0n) is 24.9. The minimum absolute atomic E-state index is 0.258. The molecule has 2 aromatic carbocycles. The number of carbonyl (C=O) groups excluding carboxylic acids is 1. The molecule has 0 N–H and O–H groups in total. The van der Waals surface area contributed by atoms with Crippen LogP contribution in [0.3, 0.4) is 0 Å². The Balaban J connectivity index is 1.56. The van der Waals surface area contributed by atoms with Crippen LogP contribution in [0.1, 0.15) is 53.5 Å². The molecule has 0 aliphatic heterocycles. The van der Waals surface area contributed by atoms with Crippen molar-refractivity contribution in [2.75, 3.05) is 4.90 Å². The van der Waals surface area contributed by atoms with Gasteiger partial charge in [0.1, 0.15) is 0 Å². The molecular weight excluding hydrogens is 532 g/mol. The fourth-order valence-electron chi connectivity index (χ4n) is 5.61. The number of anilines is 2. The van der Waals surface area contributed by atoms with Gasteiger partial charge in [-0.3, -0.25) is 9.78 Å². The van der Waals surface area contributed by atoms with Crippen LogP contribution in [0.4, 0.5) is 11.4 Å². The van der Waals surface area contributed by atoms with E-state index >= 15 is 0 Å². The van der Waals surface area contributed by atoms with E-state index in [1.165, 1.54) is 16.7 Å². The van der Waals surface area contributed by atoms with E-state index in [0.29, 0.717) is 5.57 Å². The van der Waals surface area contributed by atoms with Gasteiger partial charge in [-0.05, 0) is 91.1 Å². The smallest absolute Gasteiger partial charge is 0.150 e. The lowest BCUT2D eigenvalue weighted by Gasteiger charge is -2.28. The molecule has 0 radical (unpaired) electrons. The van der Waals surface area contributed by atoms with E-state index in [9.17, 15) is 4.79 Å². The first-order valence-electron chi connectivity index (χ1n) is 14.1. The first-order chi connectivity index (χ1) is 20.2. The molecule has 0 fully saturated rings. The molecule has 42 heavy (non-hydrogen) atoms. The van der Waals surface area contributed by atoms with Gasteiger partial charge in [-0.1, -0.05) is 81.1 Å². The quantitative estimate of drug-likeness (QED) is 0.114. The highest BCUT2D eigenvalue weighted by atomic mass is 32.1. The van der Waals surface area contributed by atoms with Crippen LogP contribution >= 0.6 is 11.3 Å². The minimum Gasteiger partial charge on any atom is -0.309 e. The molecule has 2 heterocycles. The molecule has 5 rings (SSSR count). The predicted octanol–water partition coefficient (Wildman–Crippen LogP) is 10.1. The molecule has 4 heteroatoms. The van der Waals surface area contributed by atoms with Crippen LogP contribution in [0.5, 0.6) is 0 Å². The first kappa shape index (κ1) is 29.0. The lowest BCUT2D eigenvalue weighted by atomic mass is 9.83. The number of fused-ring (bicyclic) bond motifs is 3. The van der Waals surface area contributed by atoms with Crippen LogP contribution < -0.4 is 4.90 Å². The van der Waals surface area contributed by atoms with Gasteiger partial charge >= 0.3 is 0 Å². The van der Waals surface area contributed by atoms with Crippen LogP contribution in [-0.4, -0.2) is 11.3 Å². The number of benzene rings is 2. The van der Waals surface area contributed by atoms with E-state index < -0.39 is 0 Å². The van der Waals surface area contributed by atoms with E-state index in [2.05, 4.69) is 88.2 Å². The third kappa shape index (κ3) is 5.26. The van der Waals surface area contributed by atoms with E-state index in [4.69, 9.17) is 4.98 Å². The van der Waals surface area contributed by atoms with E-state index in [1.54, 1.807) is 11.3 Å². The molecule has 0 atom stereocenters. The second kappa shape index (κ2) is 11.8. The molecule has 4 aromatic rings. The number of rotatable bonds is 9. The molecule has 1 aliphatic carbocycles. The maximum atomic E-state index is 12.2. The summed E-state index contributed by atoms with van der Waals surface area (Å²) in [6.07, 6.45) is 12.8. The highest BCUT2D eigenvalue weighted by Crippen LogP contribution is 2.53. The predicted molar refractivity (Wildman–Crippen MR) is 180 cm³/mol. The van der Waals surface area contributed by atoms with Gasteiger partial charge in [0.15, 0.2) is 6.29 Å². The zero-order valence-corrected chi connectivity index (χ0v) is 25.8. The summed E-state index contributed by atoms with van der Waals surface area (Å²) < 4.78 is 0. The SMILES string of the molecule is C=C/C(=C\C=C/C)N(c1ccccc1)c1cnc2c(c1)C(C)(C)c1cc(/C=C(/C=O)C(=C)c3ccc(C)cc3C)sc1-2. The van der Waals surface area contributed by atoms with Crippen LogP contribution in [0.25, 0.3) is 22.2 Å². The number of para-hydroxylation sites is 1. The Labute approximate surface area is 253 Å². The molecule has 0 bridgehead atoms. The zero-order chi connectivity index (χ0) is 30.0. The molecule has 210 valence electrons. The van der Waals surface area contributed by atoms with Crippen LogP contribution in [-0.2, 0) is 10.2 Å². The third-order valence-electron chi connectivity index (χ3n) is 7.87. The second-order valence-electron chi connectivity index (χ2n) is 11.1. The largest absolute Gasteiger partial charge is 0.309 e. The minimum atomic E-state index is -0.258. The number of thiophene rings is 1. The lowest BCUT2D eigenvalue weighted by Crippen LogP contribution is -2.18. The second-order valence-corrected chi connectivity index (χ2v) is 12.2. The molecule has 0 amide bonds. The highest BCUT2D eigenvalue weighted by molar-refractivity contribution is 7.16. The number of aryl methyl sites for hydroxylation is 2. The lowest BCUT2D eigenvalue weighted by molar-refractivity contribution is -0.104. The Bertz CT molecular complexity index is 1780. The Hall–Kier alpha value is -4.54. The Morgan fingerprint density at radius 1 is 1.00 bits per heavy atom. The summed E-state index contributed by atoms with van der Waals surface area (Å²) in [4.78, 5) is 21.6. The molecule has 3 nitrogen and oxygen atoms in total. The van der Waals surface area contributed by atoms with Crippen LogP contribution in [0.15, 0.2) is 116 Å². The first-order valence-corrected chi connectivity index (χ1v) is 14.9. The molecule has 0 spiro atoms. The Morgan fingerprint density at radius 2 is 1.76 bits per heavy atom. The van der Waals surface area contributed by atoms with E-state index in [-0.39, 0.29) is 5.41 Å². The summed E-state index contributed by atoms with van der Waals surface area (Å²) in [6.45, 7) is 19.0. The molecule has 0 saturated carbocycles. The number of aromatic nitrogens is 1. The van der Waals surface area contributed by atoms with Gasteiger partial charge in [0.2, 0.25) is 0 Å². The van der Waals surface area contributed by atoms with Crippen molar-refractivity contribution < 1.29 is 4.79 Å². The third-order valence-corrected chi connectivity index (χ3v) is 8.95. The van der Waals surface area contributed by atoms with E-state index in [0.717, 1.165) is 55.5 Å². The number of nitrogens with zero attached hydrogens (tertiary/aromatic N) is 2. The maximum Gasteiger partial charge on any atom is 0.150 e. The standard InChI is InChI=1S/C38H36N2OS/c1-8-10-14-29(9-2)40(30-15-12-11-13-16-30)31-21-34-36(39-23-31)37-35(38(34,6)7)22-32(42-37)20-28(24-41)27(5)33-18-17-25(3)19-26(33)4/h8-24H,2,5H2,1,3-4,6-7H3/b10-8-,28-20-,29-14+. The number of allylic oxidation sites excluding steroid dienone is 6. The van der Waals surface area contributed by atoms with Crippen molar-refractivity contribution in [1.29, 1.82) is 0 Å². The van der Waals surface area contributed by atoms with Gasteiger partial charge in [-0.25, -0.2) is 0 Å². The van der Waals surface area contributed by atoms with Crippen molar-refractivity contribution in [2.45, 2.75) is 40.0 Å². The van der Waals surface area contributed by atoms with Crippen LogP contribution in [0.2, 0.25) is 0 Å². The average Bonchev–Trinajstić information content (AvgIpc) is 3.50. The monoisotopic (exact) mass is 568 g/mol. The van der Waals surface area contributed by atoms with Crippen molar-refractivity contribution in [2.24, 2.45) is 0 Å². The number of hydrogen-bond donors (Lipinski definition) is 0. The number of carbonyl (C=O) groups is 1. The Kier molecular flexibility index (Phi) is 8.11. The topological polar surface area (TPSA) is 33.2 Å². The molecule has 0 unspecified atom stereocenters. The number of aldehydes is 1. The van der Waals surface area contributed by atoms with E-state index in [1.807, 2.05) is 61.7 Å². The van der Waals surface area contributed by atoms with Crippen molar-refractivity contribution in [3.63, 3.8) is 0 Å². The summed E-state index contributed by atoms with van der Waals surface area (Å²) in [7, 11) is 0. The molecule has 2 aromatic heterocycles. The van der Waals surface area contributed by atoms with Gasteiger partial charge in [0, 0.05) is 27.2 Å². The molecule has 1 aliphatic rings. The summed E-state index contributed by atoms with van der Waals surface area (Å²) in [5, 5.41) is 0.